The van der Waals surface area contributed by atoms with Gasteiger partial charge in [0.2, 0.25) is 0 Å². The van der Waals surface area contributed by atoms with E-state index in [9.17, 15) is 9.18 Å². The van der Waals surface area contributed by atoms with Gasteiger partial charge in [-0.05, 0) is 60.7 Å². The molecule has 33 heavy (non-hydrogen) atoms. The fraction of sp³-hybridized carbons (Fsp3) is 0.435. The lowest BCUT2D eigenvalue weighted by Gasteiger charge is -2.40. The van der Waals surface area contributed by atoms with E-state index in [2.05, 4.69) is 38.0 Å². The number of nitrogens with one attached hydrogen (secondary N) is 1. The van der Waals surface area contributed by atoms with Crippen molar-refractivity contribution < 1.29 is 23.4 Å². The first kappa shape index (κ1) is 23.5. The molecule has 0 aliphatic heterocycles. The Hall–Kier alpha value is -2.63. The van der Waals surface area contributed by atoms with Crippen LogP contribution in [0, 0.1) is 3.70 Å². The number of carbonyl (C=O) groups excluding carboxylic acids is 1. The average Bonchev–Trinajstić information content (AvgIpc) is 3.10. The van der Waals surface area contributed by atoms with Crippen LogP contribution in [0.1, 0.15) is 38.1 Å². The van der Waals surface area contributed by atoms with Gasteiger partial charge in [0.05, 0.1) is 25.8 Å². The predicted octanol–water partition coefficient (Wildman–Crippen LogP) is 4.28. The number of hydrogen-bond acceptors (Lipinski definition) is 7. The Labute approximate surface area is 205 Å². The summed E-state index contributed by atoms with van der Waals surface area (Å²) >= 11 is 2.11. The standard InChI is InChI=1S/C23H26FIN4O4/c1-13(2)33-22(30)23(10-15(24)11-23)21-27-20(25)17-7-8-19(28-29(17)21)26-12-14-5-6-16(31-3)9-18(14)32-4/h5-9,13,15H,10-12H2,1-4H3,(H,26,28). The van der Waals surface area contributed by atoms with Crippen LogP contribution in [-0.2, 0) is 21.5 Å². The fourth-order valence-electron chi connectivity index (χ4n) is 3.99. The molecule has 0 unspecified atom stereocenters. The lowest BCUT2D eigenvalue weighted by molar-refractivity contribution is -0.162. The molecule has 0 saturated heterocycles. The van der Waals surface area contributed by atoms with Gasteiger partial charge in [-0.25, -0.2) is 13.9 Å². The van der Waals surface area contributed by atoms with Crippen LogP contribution in [0.5, 0.6) is 11.5 Å². The van der Waals surface area contributed by atoms with Gasteiger partial charge in [0.1, 0.15) is 38.4 Å². The summed E-state index contributed by atoms with van der Waals surface area (Å²) in [5.74, 6) is 1.93. The lowest BCUT2D eigenvalue weighted by Crippen LogP contribution is -2.51. The van der Waals surface area contributed by atoms with Gasteiger partial charge in [0.15, 0.2) is 0 Å². The summed E-state index contributed by atoms with van der Waals surface area (Å²) in [6, 6.07) is 9.32. The molecule has 2 heterocycles. The van der Waals surface area contributed by atoms with E-state index in [1.54, 1.807) is 32.6 Å². The fourth-order valence-corrected chi connectivity index (χ4v) is 4.63. The van der Waals surface area contributed by atoms with Gasteiger partial charge in [-0.3, -0.25) is 4.79 Å². The van der Waals surface area contributed by atoms with Gasteiger partial charge >= 0.3 is 5.97 Å². The minimum Gasteiger partial charge on any atom is -0.497 e. The third-order valence-electron chi connectivity index (χ3n) is 5.71. The Morgan fingerprint density at radius 2 is 2.03 bits per heavy atom. The van der Waals surface area contributed by atoms with Gasteiger partial charge in [-0.2, -0.15) is 0 Å². The van der Waals surface area contributed by atoms with E-state index < -0.39 is 17.6 Å². The summed E-state index contributed by atoms with van der Waals surface area (Å²) < 4.78 is 32.5. The molecule has 176 valence electrons. The van der Waals surface area contributed by atoms with Crippen LogP contribution in [0.3, 0.4) is 0 Å². The normalized spacial score (nSPS) is 19.9. The van der Waals surface area contributed by atoms with Crippen LogP contribution >= 0.6 is 22.6 Å². The smallest absolute Gasteiger partial charge is 0.320 e. The van der Waals surface area contributed by atoms with E-state index in [-0.39, 0.29) is 18.9 Å². The quantitative estimate of drug-likeness (QED) is 0.321. The van der Waals surface area contributed by atoms with E-state index in [1.807, 2.05) is 30.3 Å². The summed E-state index contributed by atoms with van der Waals surface area (Å²) in [5, 5.41) is 7.96. The van der Waals surface area contributed by atoms with Gasteiger partial charge < -0.3 is 19.5 Å². The van der Waals surface area contributed by atoms with Crippen molar-refractivity contribution in [3.05, 3.63) is 45.4 Å². The van der Waals surface area contributed by atoms with Gasteiger partial charge in [0.25, 0.3) is 0 Å². The monoisotopic (exact) mass is 568 g/mol. The van der Waals surface area contributed by atoms with Gasteiger partial charge in [-0.1, -0.05) is 0 Å². The summed E-state index contributed by atoms with van der Waals surface area (Å²) in [6.45, 7) is 4.01. The highest BCUT2D eigenvalue weighted by Gasteiger charge is 2.56. The third kappa shape index (κ3) is 4.44. The zero-order chi connectivity index (χ0) is 23.8. The minimum absolute atomic E-state index is 0.0378. The summed E-state index contributed by atoms with van der Waals surface area (Å²) in [4.78, 5) is 17.6. The van der Waals surface area contributed by atoms with Crippen LogP contribution in [0.15, 0.2) is 30.3 Å². The number of aromatic nitrogens is 3. The van der Waals surface area contributed by atoms with E-state index in [0.29, 0.717) is 33.4 Å². The van der Waals surface area contributed by atoms with E-state index in [1.165, 1.54) is 0 Å². The van der Waals surface area contributed by atoms with Crippen molar-refractivity contribution in [3.63, 3.8) is 0 Å². The number of nitrogens with zero attached hydrogens (tertiary/aromatic N) is 3. The average molecular weight is 568 g/mol. The number of rotatable bonds is 8. The molecule has 0 amide bonds. The molecular formula is C23H26FIN4O4. The van der Waals surface area contributed by atoms with Crippen LogP contribution < -0.4 is 14.8 Å². The molecule has 8 nitrogen and oxygen atoms in total. The molecule has 0 radical (unpaired) electrons. The number of ether oxygens (including phenoxy) is 3. The number of imidazole rings is 1. The Bertz CT molecular complexity index is 1180. The molecule has 1 fully saturated rings. The largest absolute Gasteiger partial charge is 0.497 e. The zero-order valence-electron chi connectivity index (χ0n) is 18.9. The molecule has 2 aromatic heterocycles. The lowest BCUT2D eigenvalue weighted by atomic mass is 9.66. The number of alkyl halides is 1. The molecule has 4 rings (SSSR count). The molecule has 1 aromatic carbocycles. The molecule has 3 aromatic rings. The van der Waals surface area contributed by atoms with Crippen molar-refractivity contribution in [1.29, 1.82) is 0 Å². The molecule has 1 N–H and O–H groups in total. The van der Waals surface area contributed by atoms with Crippen LogP contribution in [0.25, 0.3) is 5.52 Å². The van der Waals surface area contributed by atoms with E-state index >= 15 is 0 Å². The first-order valence-electron chi connectivity index (χ1n) is 10.6. The maximum atomic E-state index is 14.0. The SMILES string of the molecule is COc1ccc(CNc2ccc3c(I)nc(C4(C(=O)OC(C)C)CC(F)C4)n3n2)c(OC)c1. The molecular weight excluding hydrogens is 542 g/mol. The molecule has 0 spiro atoms. The van der Waals surface area contributed by atoms with Crippen LogP contribution in [0.4, 0.5) is 10.2 Å². The highest BCUT2D eigenvalue weighted by molar-refractivity contribution is 14.1. The Kier molecular flexibility index (Phi) is 6.64. The maximum Gasteiger partial charge on any atom is 0.320 e. The predicted molar refractivity (Wildman–Crippen MR) is 130 cm³/mol. The molecule has 1 aliphatic carbocycles. The third-order valence-corrected chi connectivity index (χ3v) is 6.50. The highest BCUT2D eigenvalue weighted by atomic mass is 127. The first-order chi connectivity index (χ1) is 15.8. The van der Waals surface area contributed by atoms with Crippen molar-refractivity contribution in [3.8, 4) is 11.5 Å². The maximum absolute atomic E-state index is 14.0. The molecule has 0 atom stereocenters. The van der Waals surface area contributed by atoms with Crippen LogP contribution in [-0.4, -0.2) is 47.1 Å². The zero-order valence-corrected chi connectivity index (χ0v) is 21.1. The van der Waals surface area contributed by atoms with Gasteiger partial charge in [-0.15, -0.1) is 5.10 Å². The Morgan fingerprint density at radius 1 is 1.27 bits per heavy atom. The van der Waals surface area contributed by atoms with Crippen molar-refractivity contribution in [2.24, 2.45) is 0 Å². The second kappa shape index (κ2) is 9.32. The van der Waals surface area contributed by atoms with E-state index in [0.717, 1.165) is 11.1 Å². The van der Waals surface area contributed by atoms with Crippen molar-refractivity contribution >= 4 is 39.9 Å². The number of methoxy groups -OCH3 is 2. The number of halogens is 2. The van der Waals surface area contributed by atoms with Crippen LogP contribution in [0.2, 0.25) is 0 Å². The molecule has 0 bridgehead atoms. The number of benzene rings is 1. The second-order valence-electron chi connectivity index (χ2n) is 8.31. The number of anilines is 1. The topological polar surface area (TPSA) is 87.0 Å². The summed E-state index contributed by atoms with van der Waals surface area (Å²) in [5.41, 5.74) is 0.537. The highest BCUT2D eigenvalue weighted by Crippen LogP contribution is 2.46. The van der Waals surface area contributed by atoms with Crippen molar-refractivity contribution in [1.82, 2.24) is 14.6 Å². The van der Waals surface area contributed by atoms with E-state index in [4.69, 9.17) is 14.2 Å². The first-order valence-corrected chi connectivity index (χ1v) is 11.7. The minimum atomic E-state index is -1.14. The Balaban J connectivity index is 1.66. The summed E-state index contributed by atoms with van der Waals surface area (Å²) in [7, 11) is 3.21. The Morgan fingerprint density at radius 3 is 2.67 bits per heavy atom. The molecule has 10 heteroatoms. The molecule has 1 aliphatic rings. The van der Waals surface area contributed by atoms with Crippen molar-refractivity contribution in [2.45, 2.75) is 50.9 Å². The number of carbonyl (C=O) groups is 1. The summed E-state index contributed by atoms with van der Waals surface area (Å²) in [6.07, 6.45) is -1.30. The van der Waals surface area contributed by atoms with Crippen molar-refractivity contribution in [2.75, 3.05) is 19.5 Å². The number of fused-ring (bicyclic) bond motifs is 1. The number of hydrogen-bond donors (Lipinski definition) is 1. The van der Waals surface area contributed by atoms with Gasteiger partial charge in [0, 0.05) is 31.0 Å². The number of esters is 1. The molecule has 1 saturated carbocycles. The second-order valence-corrected chi connectivity index (χ2v) is 9.34.